The summed E-state index contributed by atoms with van der Waals surface area (Å²) >= 11 is 0. The summed E-state index contributed by atoms with van der Waals surface area (Å²) in [6.07, 6.45) is 1.44. The van der Waals surface area contributed by atoms with Crippen molar-refractivity contribution in [1.29, 1.82) is 0 Å². The van der Waals surface area contributed by atoms with E-state index in [2.05, 4.69) is 91.0 Å². The number of aromatic nitrogens is 2. The molecule has 0 spiro atoms. The Hall–Kier alpha value is -6.54. The molecule has 0 aliphatic rings. The molecule has 6 aromatic carbocycles. The molecule has 0 amide bonds. The summed E-state index contributed by atoms with van der Waals surface area (Å²) in [6.45, 7) is 6.92. The molecule has 2 aromatic heterocycles. The SMILES string of the molecule is COc1ccc(CCn2c(Cc3ccc(OC)cc3)c(-c3ccc(OC)cc3)c3c4c([nH]c5c(OC(C)(C)C)cccc54)c(OC)c(-c4ccc(OC)cc4)c32)cc1. The lowest BCUT2D eigenvalue weighted by Crippen LogP contribution is -2.23. The highest BCUT2D eigenvalue weighted by Gasteiger charge is 2.30. The van der Waals surface area contributed by atoms with Crippen molar-refractivity contribution in [2.24, 2.45) is 0 Å². The zero-order valence-electron chi connectivity index (χ0n) is 34.5. The van der Waals surface area contributed by atoms with Gasteiger partial charge in [-0.3, -0.25) is 0 Å². The lowest BCUT2D eigenvalue weighted by Gasteiger charge is -2.21. The molecule has 0 aliphatic heterocycles. The quantitative estimate of drug-likeness (QED) is 0.126. The predicted molar refractivity (Wildman–Crippen MR) is 235 cm³/mol. The van der Waals surface area contributed by atoms with E-state index in [1.165, 1.54) is 11.3 Å². The molecule has 8 aromatic rings. The number of hydrogen-bond acceptors (Lipinski definition) is 6. The standard InChI is InChI=1S/C50H50N2O6/c1-50(2,3)58-41-11-9-10-39-44-45-42(33-16-24-37(55-6)25-17-33)40(30-32-14-22-36(54-5)23-15-32)52(29-28-31-12-20-35(53-4)21-13-31)48(45)43(34-18-26-38(56-7)27-19-34)49(57-8)47(44)51-46(39)41/h9-27,51H,28-30H2,1-8H3. The van der Waals surface area contributed by atoms with Gasteiger partial charge in [-0.25, -0.2) is 0 Å². The molecule has 2 heterocycles. The van der Waals surface area contributed by atoms with Gasteiger partial charge in [0.15, 0.2) is 5.75 Å². The van der Waals surface area contributed by atoms with Crippen LogP contribution >= 0.6 is 0 Å². The minimum Gasteiger partial charge on any atom is -0.497 e. The van der Waals surface area contributed by atoms with Gasteiger partial charge in [0.05, 0.1) is 57.7 Å². The van der Waals surface area contributed by atoms with Gasteiger partial charge < -0.3 is 38.0 Å². The second kappa shape index (κ2) is 15.8. The number of benzene rings is 6. The number of aromatic amines is 1. The Balaban J connectivity index is 1.55. The van der Waals surface area contributed by atoms with Gasteiger partial charge in [0.2, 0.25) is 0 Å². The minimum absolute atomic E-state index is 0.413. The van der Waals surface area contributed by atoms with Gasteiger partial charge in [-0.05, 0) is 104 Å². The summed E-state index contributed by atoms with van der Waals surface area (Å²) in [5.41, 5.74) is 10.3. The Morgan fingerprint density at radius 2 is 1.05 bits per heavy atom. The van der Waals surface area contributed by atoms with E-state index in [1.54, 1.807) is 35.5 Å². The number of methoxy groups -OCH3 is 5. The van der Waals surface area contributed by atoms with Crippen molar-refractivity contribution < 1.29 is 28.4 Å². The zero-order valence-corrected chi connectivity index (χ0v) is 34.5. The second-order valence-corrected chi connectivity index (χ2v) is 15.5. The van der Waals surface area contributed by atoms with E-state index in [4.69, 9.17) is 28.4 Å². The van der Waals surface area contributed by atoms with Crippen LogP contribution in [0.4, 0.5) is 0 Å². The molecule has 296 valence electrons. The molecule has 8 heteroatoms. The molecule has 0 unspecified atom stereocenters. The fourth-order valence-corrected chi connectivity index (χ4v) is 8.14. The van der Waals surface area contributed by atoms with E-state index in [-0.39, 0.29) is 0 Å². The lowest BCUT2D eigenvalue weighted by molar-refractivity contribution is 0.133. The van der Waals surface area contributed by atoms with Crippen molar-refractivity contribution in [1.82, 2.24) is 9.55 Å². The van der Waals surface area contributed by atoms with Crippen LogP contribution in [-0.4, -0.2) is 50.7 Å². The molecule has 58 heavy (non-hydrogen) atoms. The fourth-order valence-electron chi connectivity index (χ4n) is 8.14. The van der Waals surface area contributed by atoms with E-state index in [9.17, 15) is 0 Å². The Kier molecular flexibility index (Phi) is 10.4. The van der Waals surface area contributed by atoms with Crippen molar-refractivity contribution in [3.05, 3.63) is 132 Å². The van der Waals surface area contributed by atoms with Crippen molar-refractivity contribution in [3.63, 3.8) is 0 Å². The van der Waals surface area contributed by atoms with Gasteiger partial charge in [-0.2, -0.15) is 0 Å². The average molecular weight is 775 g/mol. The third-order valence-corrected chi connectivity index (χ3v) is 10.8. The average Bonchev–Trinajstić information content (AvgIpc) is 3.78. The normalized spacial score (nSPS) is 11.7. The van der Waals surface area contributed by atoms with Crippen LogP contribution in [0.25, 0.3) is 55.0 Å². The first-order valence-corrected chi connectivity index (χ1v) is 19.6. The third-order valence-electron chi connectivity index (χ3n) is 10.8. The fraction of sp³-hybridized carbons (Fsp3) is 0.240. The van der Waals surface area contributed by atoms with Crippen LogP contribution < -0.4 is 28.4 Å². The maximum atomic E-state index is 6.62. The van der Waals surface area contributed by atoms with Crippen LogP contribution in [0.3, 0.4) is 0 Å². The summed E-state index contributed by atoms with van der Waals surface area (Å²) in [7, 11) is 8.56. The number of rotatable bonds is 13. The maximum absolute atomic E-state index is 6.62. The van der Waals surface area contributed by atoms with E-state index < -0.39 is 5.60 Å². The van der Waals surface area contributed by atoms with Gasteiger partial charge in [-0.1, -0.05) is 60.7 Å². The van der Waals surface area contributed by atoms with Crippen LogP contribution in [-0.2, 0) is 19.4 Å². The Labute approximate surface area is 339 Å². The summed E-state index contributed by atoms with van der Waals surface area (Å²) in [6, 6.07) is 39.8. The van der Waals surface area contributed by atoms with E-state index in [0.29, 0.717) is 13.0 Å². The number of nitrogens with one attached hydrogen (secondary N) is 1. The van der Waals surface area contributed by atoms with E-state index in [0.717, 1.165) is 101 Å². The maximum Gasteiger partial charge on any atom is 0.152 e. The predicted octanol–water partition coefficient (Wildman–Crippen LogP) is 11.7. The van der Waals surface area contributed by atoms with Crippen molar-refractivity contribution in [2.75, 3.05) is 35.5 Å². The van der Waals surface area contributed by atoms with E-state index >= 15 is 0 Å². The molecular formula is C50H50N2O6. The first kappa shape index (κ1) is 38.3. The summed E-state index contributed by atoms with van der Waals surface area (Å²) in [4.78, 5) is 3.84. The highest BCUT2D eigenvalue weighted by Crippen LogP contribution is 2.52. The second-order valence-electron chi connectivity index (χ2n) is 15.5. The monoisotopic (exact) mass is 774 g/mol. The minimum atomic E-state index is -0.413. The molecule has 0 atom stereocenters. The number of aryl methyl sites for hydroxylation is 2. The molecular weight excluding hydrogens is 725 g/mol. The number of nitrogens with zero attached hydrogens (tertiary/aromatic N) is 1. The van der Waals surface area contributed by atoms with Gasteiger partial charge in [0, 0.05) is 40.4 Å². The number of hydrogen-bond donors (Lipinski definition) is 1. The molecule has 0 saturated carbocycles. The Morgan fingerprint density at radius 1 is 0.534 bits per heavy atom. The summed E-state index contributed by atoms with van der Waals surface area (Å²) in [5.74, 6) is 4.77. The van der Waals surface area contributed by atoms with E-state index in [1.807, 2.05) is 54.6 Å². The smallest absolute Gasteiger partial charge is 0.152 e. The summed E-state index contributed by atoms with van der Waals surface area (Å²) in [5, 5.41) is 3.26. The van der Waals surface area contributed by atoms with Gasteiger partial charge in [0.25, 0.3) is 0 Å². The Bertz CT molecular complexity index is 2700. The molecule has 8 rings (SSSR count). The molecule has 0 radical (unpaired) electrons. The van der Waals surface area contributed by atoms with Crippen LogP contribution in [0.2, 0.25) is 0 Å². The van der Waals surface area contributed by atoms with Crippen LogP contribution in [0, 0.1) is 0 Å². The highest BCUT2D eigenvalue weighted by molar-refractivity contribution is 6.29. The van der Waals surface area contributed by atoms with Gasteiger partial charge in [0.1, 0.15) is 34.3 Å². The molecule has 0 bridgehead atoms. The Morgan fingerprint density at radius 3 is 1.57 bits per heavy atom. The van der Waals surface area contributed by atoms with Crippen molar-refractivity contribution >= 4 is 32.7 Å². The topological polar surface area (TPSA) is 76.1 Å². The molecule has 0 aliphatic carbocycles. The number of para-hydroxylation sites is 1. The number of fused-ring (bicyclic) bond motifs is 5. The summed E-state index contributed by atoms with van der Waals surface area (Å²) < 4.78 is 38.1. The number of ether oxygens (including phenoxy) is 6. The zero-order chi connectivity index (χ0) is 40.6. The first-order valence-electron chi connectivity index (χ1n) is 19.6. The lowest BCUT2D eigenvalue weighted by atomic mass is 9.92. The third kappa shape index (κ3) is 7.15. The molecule has 1 N–H and O–H groups in total. The number of H-pyrrole nitrogens is 1. The van der Waals surface area contributed by atoms with Crippen LogP contribution in [0.5, 0.6) is 34.5 Å². The molecule has 0 fully saturated rings. The van der Waals surface area contributed by atoms with Crippen molar-refractivity contribution in [2.45, 2.75) is 45.8 Å². The van der Waals surface area contributed by atoms with Crippen molar-refractivity contribution in [3.8, 4) is 56.8 Å². The van der Waals surface area contributed by atoms with Crippen LogP contribution in [0.1, 0.15) is 37.6 Å². The van der Waals surface area contributed by atoms with Crippen LogP contribution in [0.15, 0.2) is 115 Å². The van der Waals surface area contributed by atoms with Gasteiger partial charge >= 0.3 is 0 Å². The molecule has 8 nitrogen and oxygen atoms in total. The largest absolute Gasteiger partial charge is 0.497 e. The van der Waals surface area contributed by atoms with Gasteiger partial charge in [-0.15, -0.1) is 0 Å². The first-order chi connectivity index (χ1) is 28.1. The molecule has 0 saturated heterocycles. The highest BCUT2D eigenvalue weighted by atomic mass is 16.5.